The van der Waals surface area contributed by atoms with E-state index in [1.165, 1.54) is 12.8 Å². The minimum Gasteiger partial charge on any atom is -0.314 e. The lowest BCUT2D eigenvalue weighted by Gasteiger charge is -2.09. The number of nitrogens with one attached hydrogen (secondary N) is 2. The normalized spacial score (nSPS) is 22.1. The predicted octanol–water partition coefficient (Wildman–Crippen LogP) is 1.22. The topological polar surface area (TPSA) is 53.6 Å². The molecule has 1 aliphatic heterocycles. The molecule has 1 aromatic heterocycles. The van der Waals surface area contributed by atoms with Crippen LogP contribution >= 0.6 is 0 Å². The van der Waals surface area contributed by atoms with Crippen LogP contribution < -0.4 is 5.32 Å². The van der Waals surface area contributed by atoms with Gasteiger partial charge in [-0.3, -0.25) is 0 Å². The smallest absolute Gasteiger partial charge is 0.0882 e. The standard InChI is InChI=1S/C10H18N4/c1-7(2)10-9(12-14-13-10)6-8-4-3-5-11-8/h7-8,11H,3-6H2,1-2H3,(H,12,13,14). The fraction of sp³-hybridized carbons (Fsp3) is 0.800. The van der Waals surface area contributed by atoms with Crippen LogP contribution in [0.15, 0.2) is 0 Å². The molecule has 4 nitrogen and oxygen atoms in total. The minimum atomic E-state index is 0.463. The van der Waals surface area contributed by atoms with Crippen molar-refractivity contribution in [3.05, 3.63) is 11.4 Å². The third kappa shape index (κ3) is 1.95. The Kier molecular flexibility index (Phi) is 2.82. The molecule has 1 atom stereocenters. The Labute approximate surface area is 84.5 Å². The molecule has 1 aromatic rings. The van der Waals surface area contributed by atoms with Crippen LogP contribution in [-0.4, -0.2) is 28.0 Å². The third-order valence-electron chi connectivity index (χ3n) is 2.80. The maximum absolute atomic E-state index is 4.22. The molecule has 78 valence electrons. The van der Waals surface area contributed by atoms with E-state index in [1.807, 2.05) is 0 Å². The summed E-state index contributed by atoms with van der Waals surface area (Å²) in [5.41, 5.74) is 2.26. The number of nitrogens with zero attached hydrogens (tertiary/aromatic N) is 2. The molecule has 0 aromatic carbocycles. The van der Waals surface area contributed by atoms with Crippen LogP contribution in [0.2, 0.25) is 0 Å². The lowest BCUT2D eigenvalue weighted by molar-refractivity contribution is 0.589. The summed E-state index contributed by atoms with van der Waals surface area (Å²) >= 11 is 0. The van der Waals surface area contributed by atoms with Crippen LogP contribution in [0.25, 0.3) is 0 Å². The van der Waals surface area contributed by atoms with Crippen molar-refractivity contribution < 1.29 is 0 Å². The molecular weight excluding hydrogens is 176 g/mol. The highest BCUT2D eigenvalue weighted by Gasteiger charge is 2.19. The molecule has 1 aliphatic rings. The molecule has 2 rings (SSSR count). The van der Waals surface area contributed by atoms with Gasteiger partial charge in [0, 0.05) is 12.5 Å². The van der Waals surface area contributed by atoms with Gasteiger partial charge in [-0.25, -0.2) is 0 Å². The zero-order valence-electron chi connectivity index (χ0n) is 8.88. The van der Waals surface area contributed by atoms with E-state index in [0.29, 0.717) is 12.0 Å². The summed E-state index contributed by atoms with van der Waals surface area (Å²) in [5, 5.41) is 14.6. The zero-order valence-corrected chi connectivity index (χ0v) is 8.88. The first-order valence-corrected chi connectivity index (χ1v) is 5.40. The van der Waals surface area contributed by atoms with Crippen molar-refractivity contribution >= 4 is 0 Å². The molecule has 0 radical (unpaired) electrons. The molecule has 1 unspecified atom stereocenters. The Morgan fingerprint density at radius 1 is 1.43 bits per heavy atom. The summed E-state index contributed by atoms with van der Waals surface area (Å²) in [4.78, 5) is 0. The van der Waals surface area contributed by atoms with Gasteiger partial charge in [0.15, 0.2) is 0 Å². The molecule has 0 aliphatic carbocycles. The first-order chi connectivity index (χ1) is 6.77. The molecule has 0 spiro atoms. The number of aromatic nitrogens is 3. The Morgan fingerprint density at radius 2 is 2.29 bits per heavy atom. The van der Waals surface area contributed by atoms with Gasteiger partial charge in [-0.15, -0.1) is 0 Å². The van der Waals surface area contributed by atoms with E-state index in [2.05, 4.69) is 34.6 Å². The Hall–Kier alpha value is -0.900. The molecule has 4 heteroatoms. The average molecular weight is 194 g/mol. The van der Waals surface area contributed by atoms with Crippen LogP contribution in [0.5, 0.6) is 0 Å². The molecular formula is C10H18N4. The van der Waals surface area contributed by atoms with Crippen molar-refractivity contribution in [2.75, 3.05) is 6.54 Å². The highest BCUT2D eigenvalue weighted by atomic mass is 15.3. The molecule has 2 heterocycles. The van der Waals surface area contributed by atoms with Crippen LogP contribution in [0, 0.1) is 0 Å². The number of hydrogen-bond acceptors (Lipinski definition) is 3. The van der Waals surface area contributed by atoms with Gasteiger partial charge in [0.05, 0.1) is 11.4 Å². The summed E-state index contributed by atoms with van der Waals surface area (Å²) in [6, 6.07) is 0.609. The predicted molar refractivity (Wildman–Crippen MR) is 55.2 cm³/mol. The molecule has 1 saturated heterocycles. The lowest BCUT2D eigenvalue weighted by Crippen LogP contribution is -2.24. The van der Waals surface area contributed by atoms with Gasteiger partial charge < -0.3 is 5.32 Å². The van der Waals surface area contributed by atoms with E-state index < -0.39 is 0 Å². The van der Waals surface area contributed by atoms with Gasteiger partial charge >= 0.3 is 0 Å². The molecule has 14 heavy (non-hydrogen) atoms. The number of rotatable bonds is 3. The number of H-pyrrole nitrogens is 1. The molecule has 0 saturated carbocycles. The molecule has 0 bridgehead atoms. The van der Waals surface area contributed by atoms with E-state index in [0.717, 1.165) is 24.4 Å². The maximum atomic E-state index is 4.22. The van der Waals surface area contributed by atoms with Gasteiger partial charge in [0.2, 0.25) is 0 Å². The fourth-order valence-corrected chi connectivity index (χ4v) is 2.04. The molecule has 2 N–H and O–H groups in total. The maximum Gasteiger partial charge on any atom is 0.0882 e. The Bertz CT molecular complexity index is 286. The highest BCUT2D eigenvalue weighted by molar-refractivity contribution is 5.14. The van der Waals surface area contributed by atoms with Crippen LogP contribution in [-0.2, 0) is 6.42 Å². The molecule has 0 amide bonds. The monoisotopic (exact) mass is 194 g/mol. The van der Waals surface area contributed by atoms with Crippen LogP contribution in [0.4, 0.5) is 0 Å². The van der Waals surface area contributed by atoms with Crippen molar-refractivity contribution in [2.45, 2.75) is 45.1 Å². The quantitative estimate of drug-likeness (QED) is 0.760. The first kappa shape index (κ1) is 9.65. The van der Waals surface area contributed by atoms with Gasteiger partial charge in [-0.1, -0.05) is 13.8 Å². The van der Waals surface area contributed by atoms with E-state index in [1.54, 1.807) is 0 Å². The fourth-order valence-electron chi connectivity index (χ4n) is 2.04. The second-order valence-electron chi connectivity index (χ2n) is 4.31. The zero-order chi connectivity index (χ0) is 9.97. The van der Waals surface area contributed by atoms with Crippen LogP contribution in [0.1, 0.15) is 44.0 Å². The Balaban J connectivity index is 2.04. The summed E-state index contributed by atoms with van der Waals surface area (Å²) in [6.45, 7) is 5.46. The van der Waals surface area contributed by atoms with E-state index in [9.17, 15) is 0 Å². The number of aromatic amines is 1. The SMILES string of the molecule is CC(C)c1n[nH]nc1CC1CCCN1. The van der Waals surface area contributed by atoms with E-state index in [-0.39, 0.29) is 0 Å². The largest absolute Gasteiger partial charge is 0.314 e. The van der Waals surface area contributed by atoms with Gasteiger partial charge in [-0.2, -0.15) is 15.4 Å². The van der Waals surface area contributed by atoms with E-state index in [4.69, 9.17) is 0 Å². The summed E-state index contributed by atoms with van der Waals surface area (Å²) in [5.74, 6) is 0.463. The highest BCUT2D eigenvalue weighted by Crippen LogP contribution is 2.18. The van der Waals surface area contributed by atoms with Gasteiger partial charge in [-0.05, 0) is 25.3 Å². The second-order valence-corrected chi connectivity index (χ2v) is 4.31. The third-order valence-corrected chi connectivity index (χ3v) is 2.80. The van der Waals surface area contributed by atoms with Crippen molar-refractivity contribution in [3.8, 4) is 0 Å². The number of hydrogen-bond donors (Lipinski definition) is 2. The minimum absolute atomic E-state index is 0.463. The second kappa shape index (κ2) is 4.09. The van der Waals surface area contributed by atoms with Crippen LogP contribution in [0.3, 0.4) is 0 Å². The average Bonchev–Trinajstić information content (AvgIpc) is 2.75. The summed E-state index contributed by atoms with van der Waals surface area (Å²) in [6.07, 6.45) is 3.58. The van der Waals surface area contributed by atoms with Gasteiger partial charge in [0.25, 0.3) is 0 Å². The molecule has 1 fully saturated rings. The van der Waals surface area contributed by atoms with Crippen molar-refractivity contribution in [1.82, 2.24) is 20.7 Å². The summed E-state index contributed by atoms with van der Waals surface area (Å²) < 4.78 is 0. The van der Waals surface area contributed by atoms with Crippen molar-refractivity contribution in [2.24, 2.45) is 0 Å². The lowest BCUT2D eigenvalue weighted by atomic mass is 10.0. The van der Waals surface area contributed by atoms with Crippen molar-refractivity contribution in [3.63, 3.8) is 0 Å². The summed E-state index contributed by atoms with van der Waals surface area (Å²) in [7, 11) is 0. The Morgan fingerprint density at radius 3 is 2.93 bits per heavy atom. The van der Waals surface area contributed by atoms with Gasteiger partial charge in [0.1, 0.15) is 0 Å². The van der Waals surface area contributed by atoms with Crippen molar-refractivity contribution in [1.29, 1.82) is 0 Å². The first-order valence-electron chi connectivity index (χ1n) is 5.40. The van der Waals surface area contributed by atoms with E-state index >= 15 is 0 Å².